The Morgan fingerprint density at radius 1 is 1.34 bits per heavy atom. The number of aromatic nitrogens is 4. The number of aromatic amines is 2. The van der Waals surface area contributed by atoms with Gasteiger partial charge in [0.25, 0.3) is 5.56 Å². The molecule has 2 aromatic heterocycles. The van der Waals surface area contributed by atoms with Crippen molar-refractivity contribution in [1.82, 2.24) is 25.2 Å². The lowest BCUT2D eigenvalue weighted by atomic mass is 10.1. The highest BCUT2D eigenvalue weighted by Gasteiger charge is 2.10. The summed E-state index contributed by atoms with van der Waals surface area (Å²) in [4.78, 5) is 28.6. The third-order valence-corrected chi connectivity index (χ3v) is 4.05. The van der Waals surface area contributed by atoms with Crippen LogP contribution in [0.2, 0.25) is 0 Å². The third kappa shape index (κ3) is 5.57. The minimum absolute atomic E-state index is 0.0716. The van der Waals surface area contributed by atoms with Crippen LogP contribution in [0.25, 0.3) is 11.3 Å². The van der Waals surface area contributed by atoms with E-state index in [4.69, 9.17) is 17.5 Å². The Bertz CT molecular complexity index is 1160. The standard InChI is InChI=1S/C19H17N7O2S/c20-7-4-8-26-12-14(18(25-26)13-5-2-1-3-6-13)11-21-24-17(28)10-15-9-16(27)23-19(29)22-15/h1-3,5-6,9,11-12H,4,8,10H2,(H,24,28)(H2,22,23,27,29)/b21-11-. The molecule has 0 aliphatic heterocycles. The number of aryl methyl sites for hydroxylation is 1. The van der Waals surface area contributed by atoms with Crippen LogP contribution in [0.15, 0.2) is 52.5 Å². The molecule has 3 rings (SSSR count). The van der Waals surface area contributed by atoms with Gasteiger partial charge in [0.05, 0.1) is 31.7 Å². The molecule has 0 bridgehead atoms. The van der Waals surface area contributed by atoms with E-state index in [1.807, 2.05) is 30.3 Å². The third-order valence-electron chi connectivity index (χ3n) is 3.85. The molecule has 9 nitrogen and oxygen atoms in total. The first-order valence-corrected chi connectivity index (χ1v) is 9.10. The van der Waals surface area contributed by atoms with Crippen molar-refractivity contribution in [3.05, 3.63) is 69.0 Å². The highest BCUT2D eigenvalue weighted by molar-refractivity contribution is 7.71. The van der Waals surface area contributed by atoms with E-state index >= 15 is 0 Å². The summed E-state index contributed by atoms with van der Waals surface area (Å²) in [6.45, 7) is 0.457. The van der Waals surface area contributed by atoms with Gasteiger partial charge in [0.15, 0.2) is 4.77 Å². The molecule has 0 radical (unpaired) electrons. The van der Waals surface area contributed by atoms with Gasteiger partial charge in [-0.3, -0.25) is 19.3 Å². The zero-order valence-corrected chi connectivity index (χ0v) is 16.1. The molecule has 10 heteroatoms. The minimum Gasteiger partial charge on any atom is -0.335 e. The van der Waals surface area contributed by atoms with Crippen LogP contribution in [0, 0.1) is 16.1 Å². The van der Waals surface area contributed by atoms with Gasteiger partial charge in [-0.1, -0.05) is 30.3 Å². The molecule has 3 N–H and O–H groups in total. The van der Waals surface area contributed by atoms with Crippen molar-refractivity contribution in [2.45, 2.75) is 19.4 Å². The largest absolute Gasteiger partial charge is 0.335 e. The molecular formula is C19H17N7O2S. The molecule has 1 aromatic carbocycles. The number of nitrogens with zero attached hydrogens (tertiary/aromatic N) is 4. The summed E-state index contributed by atoms with van der Waals surface area (Å²) in [7, 11) is 0. The second-order valence-electron chi connectivity index (χ2n) is 6.05. The predicted octanol–water partition coefficient (Wildman–Crippen LogP) is 1.90. The number of carbonyl (C=O) groups excluding carboxylic acids is 1. The molecule has 146 valence electrons. The Kier molecular flexibility index (Phi) is 6.44. The number of H-pyrrole nitrogens is 2. The molecule has 29 heavy (non-hydrogen) atoms. The van der Waals surface area contributed by atoms with Crippen molar-refractivity contribution in [1.29, 1.82) is 5.26 Å². The average molecular weight is 407 g/mol. The first-order valence-electron chi connectivity index (χ1n) is 8.69. The molecule has 0 atom stereocenters. The highest BCUT2D eigenvalue weighted by atomic mass is 32.1. The van der Waals surface area contributed by atoms with E-state index in [0.29, 0.717) is 29.9 Å². The van der Waals surface area contributed by atoms with E-state index < -0.39 is 5.91 Å². The fourth-order valence-electron chi connectivity index (χ4n) is 2.63. The van der Waals surface area contributed by atoms with Crippen molar-refractivity contribution in [2.75, 3.05) is 0 Å². The van der Waals surface area contributed by atoms with Crippen LogP contribution in [-0.2, 0) is 17.8 Å². The summed E-state index contributed by atoms with van der Waals surface area (Å²) in [5, 5.41) is 17.3. The first kappa shape index (κ1) is 19.9. The van der Waals surface area contributed by atoms with Gasteiger partial charge >= 0.3 is 0 Å². The second kappa shape index (κ2) is 9.38. The Balaban J connectivity index is 1.74. The van der Waals surface area contributed by atoms with Crippen LogP contribution in [-0.4, -0.2) is 31.9 Å². The highest BCUT2D eigenvalue weighted by Crippen LogP contribution is 2.20. The van der Waals surface area contributed by atoms with E-state index in [9.17, 15) is 9.59 Å². The lowest BCUT2D eigenvalue weighted by Gasteiger charge is -2.00. The molecule has 0 aliphatic carbocycles. The maximum Gasteiger partial charge on any atom is 0.251 e. The molecule has 0 saturated carbocycles. The zero-order valence-electron chi connectivity index (χ0n) is 15.3. The van der Waals surface area contributed by atoms with Gasteiger partial charge in [-0.2, -0.15) is 15.5 Å². The minimum atomic E-state index is -0.407. The number of carbonyl (C=O) groups is 1. The molecule has 3 aromatic rings. The molecule has 0 spiro atoms. The molecular weight excluding hydrogens is 390 g/mol. The monoisotopic (exact) mass is 407 g/mol. The Labute approximate surface area is 170 Å². The number of hydrogen-bond acceptors (Lipinski definition) is 6. The van der Waals surface area contributed by atoms with Crippen LogP contribution in [0.4, 0.5) is 0 Å². The number of rotatable bonds is 7. The molecule has 0 unspecified atom stereocenters. The van der Waals surface area contributed by atoms with Crippen molar-refractivity contribution < 1.29 is 4.79 Å². The van der Waals surface area contributed by atoms with Gasteiger partial charge in [-0.25, -0.2) is 5.43 Å². The lowest BCUT2D eigenvalue weighted by molar-refractivity contribution is -0.120. The summed E-state index contributed by atoms with van der Waals surface area (Å²) < 4.78 is 1.83. The quantitative estimate of drug-likeness (QED) is 0.313. The first-order chi connectivity index (χ1) is 14.0. The number of nitrogens with one attached hydrogen (secondary N) is 3. The topological polar surface area (TPSA) is 132 Å². The van der Waals surface area contributed by atoms with Crippen molar-refractivity contribution in [2.24, 2.45) is 5.10 Å². The van der Waals surface area contributed by atoms with Gasteiger partial charge in [-0.05, 0) is 12.2 Å². The molecule has 2 heterocycles. The van der Waals surface area contributed by atoms with Crippen LogP contribution >= 0.6 is 12.2 Å². The van der Waals surface area contributed by atoms with E-state index in [1.54, 1.807) is 10.9 Å². The average Bonchev–Trinajstić information content (AvgIpc) is 3.09. The number of hydrazone groups is 1. The fourth-order valence-corrected chi connectivity index (χ4v) is 2.86. The van der Waals surface area contributed by atoms with E-state index in [1.165, 1.54) is 12.3 Å². The maximum absolute atomic E-state index is 12.1. The van der Waals surface area contributed by atoms with Crippen LogP contribution < -0.4 is 11.0 Å². The summed E-state index contributed by atoms with van der Waals surface area (Å²) >= 11 is 4.88. The normalized spacial score (nSPS) is 10.7. The number of amides is 1. The second-order valence-corrected chi connectivity index (χ2v) is 6.46. The van der Waals surface area contributed by atoms with Crippen LogP contribution in [0.1, 0.15) is 17.7 Å². The fraction of sp³-hybridized carbons (Fsp3) is 0.158. The van der Waals surface area contributed by atoms with Gasteiger partial charge in [0, 0.05) is 29.1 Å². The van der Waals surface area contributed by atoms with Crippen molar-refractivity contribution >= 4 is 24.3 Å². The number of nitriles is 1. The zero-order chi connectivity index (χ0) is 20.6. The summed E-state index contributed by atoms with van der Waals surface area (Å²) in [5.41, 5.74) is 4.73. The van der Waals surface area contributed by atoms with E-state index in [-0.39, 0.29) is 16.8 Å². The lowest BCUT2D eigenvalue weighted by Crippen LogP contribution is -2.21. The van der Waals surface area contributed by atoms with Crippen molar-refractivity contribution in [3.8, 4) is 17.3 Å². The summed E-state index contributed by atoms with van der Waals surface area (Å²) in [6, 6.07) is 12.9. The molecule has 0 saturated heterocycles. The van der Waals surface area contributed by atoms with Gasteiger partial charge in [0.2, 0.25) is 5.91 Å². The summed E-state index contributed by atoms with van der Waals surface area (Å²) in [6.07, 6.45) is 3.53. The molecule has 1 amide bonds. The predicted molar refractivity (Wildman–Crippen MR) is 110 cm³/mol. The van der Waals surface area contributed by atoms with Crippen LogP contribution in [0.5, 0.6) is 0 Å². The number of hydrogen-bond donors (Lipinski definition) is 3. The van der Waals surface area contributed by atoms with Gasteiger partial charge in [-0.15, -0.1) is 0 Å². The van der Waals surface area contributed by atoms with Gasteiger partial charge in [0.1, 0.15) is 5.69 Å². The summed E-state index contributed by atoms with van der Waals surface area (Å²) in [5.74, 6) is -0.407. The maximum atomic E-state index is 12.1. The number of benzene rings is 1. The SMILES string of the molecule is N#CCCn1cc(/C=N\NC(=O)Cc2cc(=O)[nH]c(=S)[nH]2)c(-c2ccccc2)n1. The van der Waals surface area contributed by atoms with Crippen molar-refractivity contribution in [3.63, 3.8) is 0 Å². The van der Waals surface area contributed by atoms with E-state index in [0.717, 1.165) is 5.56 Å². The smallest absolute Gasteiger partial charge is 0.251 e. The molecule has 0 fully saturated rings. The van der Waals surface area contributed by atoms with E-state index in [2.05, 4.69) is 31.7 Å². The Hall–Kier alpha value is -3.84. The van der Waals surface area contributed by atoms with Gasteiger partial charge < -0.3 is 4.98 Å². The Morgan fingerprint density at radius 2 is 2.14 bits per heavy atom. The Morgan fingerprint density at radius 3 is 2.86 bits per heavy atom. The molecule has 0 aliphatic rings. The van der Waals surface area contributed by atoms with Crippen LogP contribution in [0.3, 0.4) is 0 Å².